The molecule has 112 valence electrons. The summed E-state index contributed by atoms with van der Waals surface area (Å²) in [4.78, 5) is 17.7. The van der Waals surface area contributed by atoms with Gasteiger partial charge in [0.1, 0.15) is 5.82 Å². The standard InChI is InChI=1S/C15H18ClN3OS/c1-9(2)14(12-5-4-6-21-12)19-15(20)10-7-13(17-3)18-8-11(10)16/h4-9,14H,1-3H3,(H,17,18)(H,19,20). The van der Waals surface area contributed by atoms with E-state index in [0.29, 0.717) is 16.4 Å². The molecule has 6 heteroatoms. The number of pyridine rings is 1. The number of aromatic nitrogens is 1. The second-order valence-corrected chi connectivity index (χ2v) is 6.40. The molecular formula is C15H18ClN3OS. The lowest BCUT2D eigenvalue weighted by Crippen LogP contribution is -2.31. The van der Waals surface area contributed by atoms with Crippen molar-refractivity contribution >= 4 is 34.7 Å². The van der Waals surface area contributed by atoms with Crippen molar-refractivity contribution in [2.24, 2.45) is 5.92 Å². The fourth-order valence-corrected chi connectivity index (χ4v) is 3.14. The van der Waals surface area contributed by atoms with Crippen LogP contribution in [0.4, 0.5) is 5.82 Å². The minimum atomic E-state index is -0.189. The quantitative estimate of drug-likeness (QED) is 0.875. The lowest BCUT2D eigenvalue weighted by Gasteiger charge is -2.21. The van der Waals surface area contributed by atoms with Gasteiger partial charge in [-0.1, -0.05) is 31.5 Å². The molecule has 0 spiro atoms. The Hall–Kier alpha value is -1.59. The molecular weight excluding hydrogens is 306 g/mol. The number of thiophene rings is 1. The number of rotatable bonds is 5. The molecule has 1 atom stereocenters. The molecule has 0 bridgehead atoms. The third kappa shape index (κ3) is 3.74. The summed E-state index contributed by atoms with van der Waals surface area (Å²) in [5, 5.41) is 8.32. The molecule has 0 aliphatic heterocycles. The third-order valence-electron chi connectivity index (χ3n) is 3.16. The van der Waals surface area contributed by atoms with Gasteiger partial charge >= 0.3 is 0 Å². The van der Waals surface area contributed by atoms with E-state index < -0.39 is 0 Å². The lowest BCUT2D eigenvalue weighted by molar-refractivity contribution is 0.0926. The Morgan fingerprint density at radius 2 is 2.19 bits per heavy atom. The first-order valence-electron chi connectivity index (χ1n) is 6.70. The molecule has 0 saturated heterocycles. The first-order valence-corrected chi connectivity index (χ1v) is 7.96. The maximum Gasteiger partial charge on any atom is 0.253 e. The van der Waals surface area contributed by atoms with E-state index in [1.165, 1.54) is 6.20 Å². The molecule has 0 saturated carbocycles. The van der Waals surface area contributed by atoms with Crippen LogP contribution in [0, 0.1) is 5.92 Å². The SMILES string of the molecule is CNc1cc(C(=O)NC(c2cccs2)C(C)C)c(Cl)cn1. The third-order valence-corrected chi connectivity index (χ3v) is 4.42. The van der Waals surface area contributed by atoms with Crippen molar-refractivity contribution in [1.29, 1.82) is 0 Å². The zero-order chi connectivity index (χ0) is 15.4. The van der Waals surface area contributed by atoms with E-state index in [4.69, 9.17) is 11.6 Å². The normalized spacial score (nSPS) is 12.2. The second-order valence-electron chi connectivity index (χ2n) is 5.01. The number of hydrogen-bond donors (Lipinski definition) is 2. The fourth-order valence-electron chi connectivity index (χ4n) is 2.00. The van der Waals surface area contributed by atoms with E-state index >= 15 is 0 Å². The van der Waals surface area contributed by atoms with E-state index in [0.717, 1.165) is 4.88 Å². The van der Waals surface area contributed by atoms with Gasteiger partial charge in [-0.25, -0.2) is 4.98 Å². The van der Waals surface area contributed by atoms with Gasteiger partial charge in [0.2, 0.25) is 0 Å². The van der Waals surface area contributed by atoms with Crippen LogP contribution >= 0.6 is 22.9 Å². The van der Waals surface area contributed by atoms with E-state index in [-0.39, 0.29) is 17.9 Å². The van der Waals surface area contributed by atoms with Crippen LogP contribution in [-0.2, 0) is 0 Å². The summed E-state index contributed by atoms with van der Waals surface area (Å²) in [6.07, 6.45) is 1.48. The predicted octanol–water partition coefficient (Wildman–Crippen LogP) is 3.97. The summed E-state index contributed by atoms with van der Waals surface area (Å²) < 4.78 is 0. The van der Waals surface area contributed by atoms with E-state index in [2.05, 4.69) is 29.5 Å². The summed E-state index contributed by atoms with van der Waals surface area (Å²) in [7, 11) is 1.75. The summed E-state index contributed by atoms with van der Waals surface area (Å²) in [5.41, 5.74) is 0.429. The van der Waals surface area contributed by atoms with Gasteiger partial charge in [-0.15, -0.1) is 11.3 Å². The second kappa shape index (κ2) is 6.91. The van der Waals surface area contributed by atoms with Gasteiger partial charge in [-0.2, -0.15) is 0 Å². The van der Waals surface area contributed by atoms with Crippen molar-refractivity contribution in [3.05, 3.63) is 45.2 Å². The Balaban J connectivity index is 2.23. The zero-order valence-electron chi connectivity index (χ0n) is 12.2. The minimum Gasteiger partial charge on any atom is -0.373 e. The van der Waals surface area contributed by atoms with Crippen LogP contribution in [0.15, 0.2) is 29.8 Å². The molecule has 2 heterocycles. The minimum absolute atomic E-state index is 0.0280. The molecule has 0 fully saturated rings. The Morgan fingerprint density at radius 3 is 2.76 bits per heavy atom. The molecule has 0 radical (unpaired) electrons. The molecule has 2 aromatic rings. The Labute approximate surface area is 133 Å². The van der Waals surface area contributed by atoms with Crippen molar-refractivity contribution < 1.29 is 4.79 Å². The summed E-state index contributed by atoms with van der Waals surface area (Å²) >= 11 is 7.72. The van der Waals surface area contributed by atoms with Crippen LogP contribution in [-0.4, -0.2) is 17.9 Å². The van der Waals surface area contributed by atoms with Gasteiger partial charge in [0.15, 0.2) is 0 Å². The lowest BCUT2D eigenvalue weighted by atomic mass is 10.0. The largest absolute Gasteiger partial charge is 0.373 e. The van der Waals surface area contributed by atoms with Crippen LogP contribution in [0.1, 0.15) is 35.1 Å². The summed E-state index contributed by atoms with van der Waals surface area (Å²) in [6, 6.07) is 5.64. The maximum absolute atomic E-state index is 12.5. The number of carbonyl (C=O) groups is 1. The molecule has 2 aromatic heterocycles. The van der Waals surface area contributed by atoms with Gasteiger partial charge in [0, 0.05) is 18.1 Å². The van der Waals surface area contributed by atoms with Gasteiger partial charge < -0.3 is 10.6 Å². The highest BCUT2D eigenvalue weighted by atomic mass is 35.5. The highest BCUT2D eigenvalue weighted by molar-refractivity contribution is 7.10. The first kappa shape index (κ1) is 15.8. The monoisotopic (exact) mass is 323 g/mol. The average Bonchev–Trinajstić information content (AvgIpc) is 2.98. The predicted molar refractivity (Wildman–Crippen MR) is 88.2 cm³/mol. The molecule has 0 aromatic carbocycles. The molecule has 1 amide bonds. The van der Waals surface area contributed by atoms with Gasteiger partial charge in [-0.3, -0.25) is 4.79 Å². The van der Waals surface area contributed by atoms with Gasteiger partial charge in [-0.05, 0) is 23.4 Å². The average molecular weight is 324 g/mol. The smallest absolute Gasteiger partial charge is 0.253 e. The number of anilines is 1. The van der Waals surface area contributed by atoms with Crippen molar-refractivity contribution in [3.8, 4) is 0 Å². The number of nitrogens with one attached hydrogen (secondary N) is 2. The van der Waals surface area contributed by atoms with Gasteiger partial charge in [0.25, 0.3) is 5.91 Å². The Morgan fingerprint density at radius 1 is 1.43 bits per heavy atom. The van der Waals surface area contributed by atoms with Crippen LogP contribution in [0.3, 0.4) is 0 Å². The summed E-state index contributed by atoms with van der Waals surface area (Å²) in [6.45, 7) is 4.16. The Kier molecular flexibility index (Phi) is 5.20. The van der Waals surface area contributed by atoms with E-state index in [1.54, 1.807) is 24.5 Å². The van der Waals surface area contributed by atoms with E-state index in [9.17, 15) is 4.79 Å². The van der Waals surface area contributed by atoms with Crippen LogP contribution in [0.25, 0.3) is 0 Å². The van der Waals surface area contributed by atoms with E-state index in [1.807, 2.05) is 17.5 Å². The Bertz CT molecular complexity index is 613. The molecule has 21 heavy (non-hydrogen) atoms. The molecule has 2 rings (SSSR count). The highest BCUT2D eigenvalue weighted by Crippen LogP contribution is 2.27. The molecule has 0 aliphatic carbocycles. The van der Waals surface area contributed by atoms with Crippen LogP contribution in [0.2, 0.25) is 5.02 Å². The number of amides is 1. The van der Waals surface area contributed by atoms with Crippen LogP contribution in [0.5, 0.6) is 0 Å². The molecule has 4 nitrogen and oxygen atoms in total. The fraction of sp³-hybridized carbons (Fsp3) is 0.333. The van der Waals surface area contributed by atoms with Gasteiger partial charge in [0.05, 0.1) is 16.6 Å². The topological polar surface area (TPSA) is 54.0 Å². The molecule has 0 aliphatic rings. The maximum atomic E-state index is 12.5. The number of halogens is 1. The first-order chi connectivity index (χ1) is 10.0. The molecule has 1 unspecified atom stereocenters. The van der Waals surface area contributed by atoms with Crippen molar-refractivity contribution in [2.45, 2.75) is 19.9 Å². The van der Waals surface area contributed by atoms with Crippen LogP contribution < -0.4 is 10.6 Å². The number of carbonyl (C=O) groups excluding carboxylic acids is 1. The molecule has 2 N–H and O–H groups in total. The highest BCUT2D eigenvalue weighted by Gasteiger charge is 2.21. The summed E-state index contributed by atoms with van der Waals surface area (Å²) in [5.74, 6) is 0.713. The number of hydrogen-bond acceptors (Lipinski definition) is 4. The van der Waals surface area contributed by atoms with Crippen molar-refractivity contribution in [1.82, 2.24) is 10.3 Å². The number of nitrogens with zero attached hydrogens (tertiary/aromatic N) is 1. The zero-order valence-corrected chi connectivity index (χ0v) is 13.8. The van der Waals surface area contributed by atoms with Crippen molar-refractivity contribution in [2.75, 3.05) is 12.4 Å². The van der Waals surface area contributed by atoms with Crippen molar-refractivity contribution in [3.63, 3.8) is 0 Å².